The number of hydrogen-bond acceptors (Lipinski definition) is 5. The fraction of sp³-hybridized carbons (Fsp3) is 0.774. The Hall–Kier alpha value is -1.71. The van der Waals surface area contributed by atoms with E-state index in [4.69, 9.17) is 0 Å². The van der Waals surface area contributed by atoms with Gasteiger partial charge in [-0.3, -0.25) is 9.59 Å². The Morgan fingerprint density at radius 1 is 1.00 bits per heavy atom. The van der Waals surface area contributed by atoms with Crippen LogP contribution in [0.15, 0.2) is 23.3 Å². The van der Waals surface area contributed by atoms with Crippen molar-refractivity contribution in [1.82, 2.24) is 0 Å². The Morgan fingerprint density at radius 2 is 1.65 bits per heavy atom. The lowest BCUT2D eigenvalue weighted by Gasteiger charge is -2.69. The average molecular weight is 506 g/mol. The third-order valence-electron chi connectivity index (χ3n) is 12.6. The first kappa shape index (κ1) is 26.9. The number of hydrogen-bond donors (Lipinski definition) is 2. The molecule has 5 aliphatic carbocycles. The molecule has 6 heteroatoms. The van der Waals surface area contributed by atoms with Gasteiger partial charge in [-0.15, -0.1) is 0 Å². The van der Waals surface area contributed by atoms with E-state index in [1.165, 1.54) is 0 Å². The minimum Gasteiger partial charge on any atom is -0.427 e. The number of rotatable bonds is 2. The first-order valence-corrected chi connectivity index (χ1v) is 14.3. The van der Waals surface area contributed by atoms with Gasteiger partial charge < -0.3 is 10.0 Å². The van der Waals surface area contributed by atoms with Gasteiger partial charge in [-0.1, -0.05) is 60.1 Å². The van der Waals surface area contributed by atoms with Crippen molar-refractivity contribution in [2.24, 2.45) is 50.2 Å². The maximum Gasteiger partial charge on any atom is 0.451 e. The first-order chi connectivity index (χ1) is 17.0. The predicted octanol–water partition coefficient (Wildman–Crippen LogP) is 5.68. The monoisotopic (exact) mass is 505 g/mol. The standard InChI is InChI=1S/C31H44BNO4/c1-26(2)10-12-31(18-32(36)37)13-11-30(7)24(20(31)16-26)21(34)14-23-28(5)15-19(17-33)25(35)27(3,4)22(28)8-9-29(23,30)6/h14-15,20,22,24,36-37H,8-13,16,18H2,1-7H3/t20-,22-,24-,28-,29+,30+,31+/m0/s1. The number of carbonyl (C=O) groups excluding carboxylic acids is 2. The maximum absolute atomic E-state index is 14.4. The molecule has 3 saturated carbocycles. The highest BCUT2D eigenvalue weighted by atomic mass is 16.4. The van der Waals surface area contributed by atoms with Crippen molar-refractivity contribution in [2.45, 2.75) is 99.7 Å². The Labute approximate surface area is 222 Å². The van der Waals surface area contributed by atoms with Crippen molar-refractivity contribution in [3.05, 3.63) is 23.3 Å². The van der Waals surface area contributed by atoms with Gasteiger partial charge >= 0.3 is 7.12 Å². The Balaban J connectivity index is 1.68. The highest BCUT2D eigenvalue weighted by molar-refractivity contribution is 6.41. The summed E-state index contributed by atoms with van der Waals surface area (Å²) in [7, 11) is -1.36. The van der Waals surface area contributed by atoms with Crippen LogP contribution in [0.25, 0.3) is 0 Å². The van der Waals surface area contributed by atoms with Crippen LogP contribution in [-0.2, 0) is 9.59 Å². The molecular formula is C31H44BNO4. The van der Waals surface area contributed by atoms with Gasteiger partial charge in [-0.25, -0.2) is 0 Å². The summed E-state index contributed by atoms with van der Waals surface area (Å²) in [5.41, 5.74) is -0.476. The molecule has 5 nitrogen and oxygen atoms in total. The van der Waals surface area contributed by atoms with Crippen LogP contribution in [0.5, 0.6) is 0 Å². The van der Waals surface area contributed by atoms with Crippen LogP contribution in [0.4, 0.5) is 0 Å². The molecule has 0 aliphatic heterocycles. The van der Waals surface area contributed by atoms with Crippen LogP contribution >= 0.6 is 0 Å². The molecule has 0 aromatic heterocycles. The van der Waals surface area contributed by atoms with E-state index >= 15 is 0 Å². The van der Waals surface area contributed by atoms with Gasteiger partial charge in [0, 0.05) is 16.7 Å². The number of Topliss-reactive ketones (excluding diaryl/α,β-unsaturated/α-hetero) is 1. The topological polar surface area (TPSA) is 98.4 Å². The molecule has 0 spiro atoms. The Bertz CT molecular complexity index is 1160. The van der Waals surface area contributed by atoms with Gasteiger partial charge in [0.1, 0.15) is 6.07 Å². The van der Waals surface area contributed by atoms with E-state index in [1.807, 2.05) is 26.0 Å². The summed E-state index contributed by atoms with van der Waals surface area (Å²) < 4.78 is 0. The summed E-state index contributed by atoms with van der Waals surface area (Å²) in [4.78, 5) is 27.6. The Morgan fingerprint density at radius 3 is 2.27 bits per heavy atom. The lowest BCUT2D eigenvalue weighted by Crippen LogP contribution is -2.65. The fourth-order valence-electron chi connectivity index (χ4n) is 10.5. The van der Waals surface area contributed by atoms with Crippen molar-refractivity contribution in [3.63, 3.8) is 0 Å². The molecule has 7 atom stereocenters. The molecule has 5 rings (SSSR count). The van der Waals surface area contributed by atoms with Gasteiger partial charge in [-0.2, -0.15) is 5.26 Å². The first-order valence-electron chi connectivity index (χ1n) is 14.3. The third-order valence-corrected chi connectivity index (χ3v) is 12.6. The normalized spacial score (nSPS) is 45.8. The van der Waals surface area contributed by atoms with Crippen LogP contribution in [0.1, 0.15) is 93.4 Å². The molecule has 0 unspecified atom stereocenters. The summed E-state index contributed by atoms with van der Waals surface area (Å²) in [6.45, 7) is 15.3. The maximum atomic E-state index is 14.4. The van der Waals surface area contributed by atoms with Gasteiger partial charge in [0.15, 0.2) is 11.6 Å². The third kappa shape index (κ3) is 3.42. The van der Waals surface area contributed by atoms with Gasteiger partial charge in [0.05, 0.1) is 5.57 Å². The van der Waals surface area contributed by atoms with Crippen molar-refractivity contribution in [3.8, 4) is 6.07 Å². The second-order valence-corrected chi connectivity index (χ2v) is 15.3. The number of fused-ring (bicyclic) bond motifs is 7. The molecule has 0 aromatic rings. The molecule has 3 fully saturated rings. The Kier molecular flexibility index (Phi) is 5.75. The molecule has 200 valence electrons. The smallest absolute Gasteiger partial charge is 0.427 e. The van der Waals surface area contributed by atoms with Gasteiger partial charge in [-0.05, 0) is 90.8 Å². The van der Waals surface area contributed by atoms with Crippen LogP contribution < -0.4 is 0 Å². The second-order valence-electron chi connectivity index (χ2n) is 15.3. The average Bonchev–Trinajstić information content (AvgIpc) is 2.78. The molecule has 0 radical (unpaired) electrons. The number of carbonyl (C=O) groups is 2. The van der Waals surface area contributed by atoms with Crippen molar-refractivity contribution < 1.29 is 19.6 Å². The van der Waals surface area contributed by atoms with Crippen LogP contribution in [-0.4, -0.2) is 28.7 Å². The van der Waals surface area contributed by atoms with E-state index in [1.54, 1.807) is 0 Å². The molecule has 0 aromatic carbocycles. The van der Waals surface area contributed by atoms with E-state index in [0.717, 1.165) is 50.5 Å². The second kappa shape index (κ2) is 7.92. The summed E-state index contributed by atoms with van der Waals surface area (Å²) in [5, 5.41) is 30.1. The molecular weight excluding hydrogens is 461 g/mol. The van der Waals surface area contributed by atoms with Crippen LogP contribution in [0, 0.1) is 61.6 Å². The van der Waals surface area contributed by atoms with Crippen LogP contribution in [0.2, 0.25) is 6.32 Å². The van der Waals surface area contributed by atoms with Gasteiger partial charge in [0.25, 0.3) is 0 Å². The number of ketones is 2. The SMILES string of the molecule is CC1(C)CC[C@]2(CB(O)O)CC[C@]3(C)[C@H](C(=O)C=C4[C@@]5(C)C=C(C#N)C(=O)C(C)(C)[C@@H]5CC[C@]43C)[C@@H]2C1. The number of nitriles is 1. The van der Waals surface area contributed by atoms with E-state index in [9.17, 15) is 24.9 Å². The lowest BCUT2D eigenvalue weighted by atomic mass is 9.33. The minimum atomic E-state index is -1.36. The quantitative estimate of drug-likeness (QED) is 0.471. The molecule has 0 bridgehead atoms. The van der Waals surface area contributed by atoms with Crippen LogP contribution in [0.3, 0.4) is 0 Å². The van der Waals surface area contributed by atoms with Crippen molar-refractivity contribution in [1.29, 1.82) is 5.26 Å². The summed E-state index contributed by atoms with van der Waals surface area (Å²) in [6.07, 6.45) is 10.6. The largest absolute Gasteiger partial charge is 0.451 e. The van der Waals surface area contributed by atoms with Crippen molar-refractivity contribution >= 4 is 18.7 Å². The lowest BCUT2D eigenvalue weighted by molar-refractivity contribution is -0.168. The summed E-state index contributed by atoms with van der Waals surface area (Å²) in [6, 6.07) is 2.17. The predicted molar refractivity (Wildman–Crippen MR) is 144 cm³/mol. The molecule has 0 heterocycles. The molecule has 2 N–H and O–H groups in total. The summed E-state index contributed by atoms with van der Waals surface area (Å²) in [5.74, 6) is 0.0721. The molecule has 0 amide bonds. The zero-order valence-corrected chi connectivity index (χ0v) is 23.8. The molecule has 0 saturated heterocycles. The van der Waals surface area contributed by atoms with E-state index < -0.39 is 17.9 Å². The van der Waals surface area contributed by atoms with E-state index in [2.05, 4.69) is 40.7 Å². The summed E-state index contributed by atoms with van der Waals surface area (Å²) >= 11 is 0. The highest BCUT2D eigenvalue weighted by Gasteiger charge is 2.69. The zero-order chi connectivity index (χ0) is 27.4. The highest BCUT2D eigenvalue weighted by Crippen LogP contribution is 2.75. The number of nitrogens with zero attached hydrogens (tertiary/aromatic N) is 1. The van der Waals surface area contributed by atoms with Crippen molar-refractivity contribution in [2.75, 3.05) is 0 Å². The fourth-order valence-corrected chi connectivity index (χ4v) is 10.5. The van der Waals surface area contributed by atoms with E-state index in [-0.39, 0.29) is 56.6 Å². The van der Waals surface area contributed by atoms with Gasteiger partial charge in [0.2, 0.25) is 0 Å². The zero-order valence-electron chi connectivity index (χ0n) is 23.8. The molecule has 37 heavy (non-hydrogen) atoms. The number of allylic oxidation sites excluding steroid dienone is 4. The minimum absolute atomic E-state index is 0.0395. The molecule has 5 aliphatic rings. The van der Waals surface area contributed by atoms with E-state index in [0.29, 0.717) is 6.32 Å².